The van der Waals surface area contributed by atoms with E-state index in [4.69, 9.17) is 9.84 Å². The quantitative estimate of drug-likeness (QED) is 0.606. The first-order valence-corrected chi connectivity index (χ1v) is 6.88. The second-order valence-electron chi connectivity index (χ2n) is 5.00. The molecule has 1 aliphatic rings. The predicted molar refractivity (Wildman–Crippen MR) is 82.1 cm³/mol. The van der Waals surface area contributed by atoms with Gasteiger partial charge >= 0.3 is 0 Å². The second-order valence-corrected chi connectivity index (χ2v) is 5.00. The number of aromatic nitrogens is 2. The summed E-state index contributed by atoms with van der Waals surface area (Å²) in [5.74, 6) is 0.766. The molecule has 2 N–H and O–H groups in total. The van der Waals surface area contributed by atoms with E-state index in [1.54, 1.807) is 7.11 Å². The van der Waals surface area contributed by atoms with Crippen LogP contribution in [0.25, 0.3) is 22.2 Å². The van der Waals surface area contributed by atoms with E-state index in [-0.39, 0.29) is 6.61 Å². The van der Waals surface area contributed by atoms with Crippen molar-refractivity contribution in [2.45, 2.75) is 6.54 Å². The van der Waals surface area contributed by atoms with Crippen molar-refractivity contribution >= 4 is 22.3 Å². The summed E-state index contributed by atoms with van der Waals surface area (Å²) >= 11 is 0. The number of benzene rings is 2. The van der Waals surface area contributed by atoms with Gasteiger partial charge in [0.25, 0.3) is 0 Å². The van der Waals surface area contributed by atoms with Gasteiger partial charge in [-0.2, -0.15) is 5.10 Å². The Bertz CT molecular complexity index is 839. The lowest BCUT2D eigenvalue weighted by molar-refractivity contribution is 0.271. The van der Waals surface area contributed by atoms with Gasteiger partial charge in [-0.25, -0.2) is 0 Å². The number of hydrogen-bond acceptors (Lipinski definition) is 4. The molecule has 1 aromatic heterocycles. The summed E-state index contributed by atoms with van der Waals surface area (Å²) in [7, 11) is 1.65. The lowest BCUT2D eigenvalue weighted by Crippen LogP contribution is -2.04. The van der Waals surface area contributed by atoms with Crippen LogP contribution in [0.1, 0.15) is 0 Å². The van der Waals surface area contributed by atoms with Crippen LogP contribution in [-0.2, 0) is 6.54 Å². The molecule has 106 valence electrons. The standard InChI is InChI=1S/C16H15N3O2/c1-21-13-7-6-12-14-15(18-19(8-9-20)16(13)14)10-4-2-3-5-11(10)17-12/h2-7,17,20H,8-9H2,1H3. The average molecular weight is 281 g/mol. The molecule has 2 heterocycles. The SMILES string of the molecule is COc1ccc2c3c(nn(CCO)c13)-c1ccccc1N2. The minimum Gasteiger partial charge on any atom is -0.494 e. The molecule has 0 bridgehead atoms. The number of methoxy groups -OCH3 is 1. The van der Waals surface area contributed by atoms with E-state index in [1.165, 1.54) is 0 Å². The molecule has 21 heavy (non-hydrogen) atoms. The largest absolute Gasteiger partial charge is 0.494 e. The highest BCUT2D eigenvalue weighted by Gasteiger charge is 2.24. The summed E-state index contributed by atoms with van der Waals surface area (Å²) in [6.45, 7) is 0.483. The van der Waals surface area contributed by atoms with Crippen molar-refractivity contribution in [3.63, 3.8) is 0 Å². The number of rotatable bonds is 3. The van der Waals surface area contributed by atoms with Crippen molar-refractivity contribution in [3.8, 4) is 17.0 Å². The molecular formula is C16H15N3O2. The van der Waals surface area contributed by atoms with E-state index in [9.17, 15) is 5.11 Å². The Morgan fingerprint density at radius 2 is 2.05 bits per heavy atom. The molecule has 0 spiro atoms. The molecule has 0 saturated heterocycles. The lowest BCUT2D eigenvalue weighted by Gasteiger charge is -2.18. The van der Waals surface area contributed by atoms with E-state index in [1.807, 2.05) is 35.0 Å². The molecule has 5 nitrogen and oxygen atoms in total. The molecule has 0 fully saturated rings. The Hall–Kier alpha value is -2.53. The Morgan fingerprint density at radius 1 is 1.19 bits per heavy atom. The minimum absolute atomic E-state index is 0.0404. The topological polar surface area (TPSA) is 59.3 Å². The third-order valence-electron chi connectivity index (χ3n) is 3.84. The number of nitrogens with one attached hydrogen (secondary N) is 1. The molecule has 0 unspecified atom stereocenters. The van der Waals surface area contributed by atoms with E-state index in [0.717, 1.165) is 39.3 Å². The van der Waals surface area contributed by atoms with Crippen molar-refractivity contribution in [2.24, 2.45) is 0 Å². The maximum Gasteiger partial charge on any atom is 0.144 e. The van der Waals surface area contributed by atoms with Gasteiger partial charge in [0.15, 0.2) is 0 Å². The number of para-hydroxylation sites is 1. The number of ether oxygens (including phenoxy) is 1. The molecule has 3 aromatic rings. The first kappa shape index (κ1) is 12.2. The van der Waals surface area contributed by atoms with Crippen LogP contribution in [0.2, 0.25) is 0 Å². The summed E-state index contributed by atoms with van der Waals surface area (Å²) in [5.41, 5.74) is 4.98. The van der Waals surface area contributed by atoms with Gasteiger partial charge in [-0.1, -0.05) is 18.2 Å². The van der Waals surface area contributed by atoms with Crippen molar-refractivity contribution in [1.29, 1.82) is 0 Å². The highest BCUT2D eigenvalue weighted by atomic mass is 16.5. The minimum atomic E-state index is 0.0404. The highest BCUT2D eigenvalue weighted by Crippen LogP contribution is 2.45. The van der Waals surface area contributed by atoms with Gasteiger partial charge in [-0.05, 0) is 18.2 Å². The Kier molecular flexibility index (Phi) is 2.62. The molecular weight excluding hydrogens is 266 g/mol. The summed E-state index contributed by atoms with van der Waals surface area (Å²) in [4.78, 5) is 0. The highest BCUT2D eigenvalue weighted by molar-refractivity contribution is 6.10. The van der Waals surface area contributed by atoms with Gasteiger partial charge in [0.2, 0.25) is 0 Å². The van der Waals surface area contributed by atoms with E-state index in [2.05, 4.69) is 11.4 Å². The summed E-state index contributed by atoms with van der Waals surface area (Å²) in [5, 5.41) is 18.5. The van der Waals surface area contributed by atoms with E-state index in [0.29, 0.717) is 6.54 Å². The number of nitrogens with zero attached hydrogens (tertiary/aromatic N) is 2. The van der Waals surface area contributed by atoms with Crippen LogP contribution >= 0.6 is 0 Å². The van der Waals surface area contributed by atoms with Gasteiger partial charge in [0.05, 0.1) is 31.3 Å². The Morgan fingerprint density at radius 3 is 2.86 bits per heavy atom. The number of hydrogen-bond donors (Lipinski definition) is 2. The molecule has 0 radical (unpaired) electrons. The first-order valence-electron chi connectivity index (χ1n) is 6.88. The van der Waals surface area contributed by atoms with Crippen LogP contribution in [0.4, 0.5) is 11.4 Å². The number of aliphatic hydroxyl groups is 1. The third-order valence-corrected chi connectivity index (χ3v) is 3.84. The monoisotopic (exact) mass is 281 g/mol. The number of aliphatic hydroxyl groups excluding tert-OH is 1. The van der Waals surface area contributed by atoms with Crippen molar-refractivity contribution in [2.75, 3.05) is 19.0 Å². The van der Waals surface area contributed by atoms with Crippen LogP contribution in [0.15, 0.2) is 36.4 Å². The van der Waals surface area contributed by atoms with Gasteiger partial charge in [0.1, 0.15) is 17.0 Å². The van der Waals surface area contributed by atoms with Crippen LogP contribution < -0.4 is 10.1 Å². The molecule has 2 aromatic carbocycles. The summed E-state index contributed by atoms with van der Waals surface area (Å²) in [6, 6.07) is 12.0. The Labute approximate surface area is 121 Å². The fourth-order valence-electron chi connectivity index (χ4n) is 2.95. The molecule has 0 saturated carbocycles. The van der Waals surface area contributed by atoms with Crippen molar-refractivity contribution in [1.82, 2.24) is 9.78 Å². The molecule has 4 rings (SSSR count). The van der Waals surface area contributed by atoms with Gasteiger partial charge in [-0.15, -0.1) is 0 Å². The molecule has 5 heteroatoms. The number of anilines is 2. The van der Waals surface area contributed by atoms with Crippen LogP contribution in [0.3, 0.4) is 0 Å². The Balaban J connectivity index is 2.11. The third kappa shape index (κ3) is 1.64. The molecule has 0 atom stereocenters. The summed E-state index contributed by atoms with van der Waals surface area (Å²) in [6.07, 6.45) is 0. The van der Waals surface area contributed by atoms with Crippen LogP contribution in [-0.4, -0.2) is 28.6 Å². The fraction of sp³-hybridized carbons (Fsp3) is 0.188. The van der Waals surface area contributed by atoms with Crippen LogP contribution in [0.5, 0.6) is 5.75 Å². The van der Waals surface area contributed by atoms with E-state index < -0.39 is 0 Å². The smallest absolute Gasteiger partial charge is 0.144 e. The molecule has 0 amide bonds. The summed E-state index contributed by atoms with van der Waals surface area (Å²) < 4.78 is 7.29. The fourth-order valence-corrected chi connectivity index (χ4v) is 2.95. The maximum atomic E-state index is 9.29. The second kappa shape index (κ2) is 4.49. The number of fused-ring (bicyclic) bond motifs is 2. The van der Waals surface area contributed by atoms with E-state index >= 15 is 0 Å². The zero-order valence-electron chi connectivity index (χ0n) is 11.6. The first-order chi connectivity index (χ1) is 10.3. The lowest BCUT2D eigenvalue weighted by atomic mass is 10.00. The normalized spacial score (nSPS) is 12.1. The van der Waals surface area contributed by atoms with Gasteiger partial charge < -0.3 is 15.2 Å². The van der Waals surface area contributed by atoms with Gasteiger partial charge in [0, 0.05) is 11.3 Å². The van der Waals surface area contributed by atoms with Crippen molar-refractivity contribution < 1.29 is 9.84 Å². The predicted octanol–water partition coefficient (Wildman–Crippen LogP) is 2.76. The van der Waals surface area contributed by atoms with Crippen molar-refractivity contribution in [3.05, 3.63) is 36.4 Å². The zero-order valence-corrected chi connectivity index (χ0v) is 11.6. The maximum absolute atomic E-state index is 9.29. The molecule has 1 aliphatic heterocycles. The average Bonchev–Trinajstić information content (AvgIpc) is 2.90. The zero-order chi connectivity index (χ0) is 14.4. The molecule has 0 aliphatic carbocycles. The van der Waals surface area contributed by atoms with Gasteiger partial charge in [-0.3, -0.25) is 4.68 Å². The van der Waals surface area contributed by atoms with Crippen LogP contribution in [0, 0.1) is 0 Å².